The summed E-state index contributed by atoms with van der Waals surface area (Å²) in [6, 6.07) is 3.79. The number of hydrogen-bond acceptors (Lipinski definition) is 4. The quantitative estimate of drug-likeness (QED) is 0.809. The standard InChI is InChI=1S/C20H27N5O2/c1-4-8-25-15(3)18(14(2)23-25)11-22-20(27)17-9-19(26)24(13-17)12-16-6-5-7-21-10-16/h5-7,10,17H,4,8-9,11-13H2,1-3H3,(H,22,27)/t17-/m0/s1. The van der Waals surface area contributed by atoms with Gasteiger partial charge in [-0.1, -0.05) is 13.0 Å². The zero-order valence-electron chi connectivity index (χ0n) is 16.2. The third-order valence-corrected chi connectivity index (χ3v) is 5.09. The van der Waals surface area contributed by atoms with E-state index in [1.54, 1.807) is 17.3 Å². The van der Waals surface area contributed by atoms with E-state index >= 15 is 0 Å². The molecule has 0 spiro atoms. The minimum absolute atomic E-state index is 0.0159. The van der Waals surface area contributed by atoms with Gasteiger partial charge in [-0.15, -0.1) is 0 Å². The van der Waals surface area contributed by atoms with Crippen LogP contribution in [0.5, 0.6) is 0 Å². The van der Waals surface area contributed by atoms with Crippen LogP contribution >= 0.6 is 0 Å². The number of aromatic nitrogens is 3. The molecule has 7 heteroatoms. The molecular weight excluding hydrogens is 342 g/mol. The topological polar surface area (TPSA) is 80.1 Å². The Bertz CT molecular complexity index is 815. The van der Waals surface area contributed by atoms with E-state index in [0.29, 0.717) is 19.6 Å². The lowest BCUT2D eigenvalue weighted by Crippen LogP contribution is -2.32. The number of nitrogens with one attached hydrogen (secondary N) is 1. The van der Waals surface area contributed by atoms with Gasteiger partial charge in [0.05, 0.1) is 11.6 Å². The van der Waals surface area contributed by atoms with Crippen molar-refractivity contribution in [2.24, 2.45) is 5.92 Å². The lowest BCUT2D eigenvalue weighted by Gasteiger charge is -2.16. The first kappa shape index (κ1) is 19.1. The largest absolute Gasteiger partial charge is 0.352 e. The molecule has 0 radical (unpaired) electrons. The van der Waals surface area contributed by atoms with Crippen LogP contribution in [0.3, 0.4) is 0 Å². The Balaban J connectivity index is 1.57. The van der Waals surface area contributed by atoms with Crippen LogP contribution in [-0.2, 0) is 29.2 Å². The van der Waals surface area contributed by atoms with E-state index in [1.807, 2.05) is 30.7 Å². The first-order chi connectivity index (χ1) is 13.0. The van der Waals surface area contributed by atoms with Gasteiger partial charge in [0, 0.05) is 56.3 Å². The van der Waals surface area contributed by atoms with Crippen molar-refractivity contribution in [2.75, 3.05) is 6.54 Å². The van der Waals surface area contributed by atoms with Gasteiger partial charge in [-0.3, -0.25) is 19.3 Å². The molecule has 27 heavy (non-hydrogen) atoms. The average Bonchev–Trinajstić information content (AvgIpc) is 3.14. The summed E-state index contributed by atoms with van der Waals surface area (Å²) in [5.41, 5.74) is 4.08. The molecule has 0 aliphatic carbocycles. The number of amides is 2. The molecule has 1 aliphatic heterocycles. The van der Waals surface area contributed by atoms with Crippen molar-refractivity contribution in [3.63, 3.8) is 0 Å². The van der Waals surface area contributed by atoms with Crippen LogP contribution < -0.4 is 5.32 Å². The molecule has 2 aromatic heterocycles. The Morgan fingerprint density at radius 2 is 2.19 bits per heavy atom. The number of nitrogens with zero attached hydrogens (tertiary/aromatic N) is 4. The molecule has 1 aliphatic rings. The lowest BCUT2D eigenvalue weighted by atomic mass is 10.1. The molecule has 144 valence electrons. The second kappa shape index (κ2) is 8.33. The van der Waals surface area contributed by atoms with Gasteiger partial charge in [0.2, 0.25) is 11.8 Å². The third-order valence-electron chi connectivity index (χ3n) is 5.09. The van der Waals surface area contributed by atoms with Gasteiger partial charge in [0.25, 0.3) is 0 Å². The smallest absolute Gasteiger partial charge is 0.225 e. The van der Waals surface area contributed by atoms with Crippen LogP contribution in [0.2, 0.25) is 0 Å². The Hall–Kier alpha value is -2.70. The molecule has 0 saturated carbocycles. The highest BCUT2D eigenvalue weighted by atomic mass is 16.2. The van der Waals surface area contributed by atoms with Crippen molar-refractivity contribution in [3.05, 3.63) is 47.0 Å². The normalized spacial score (nSPS) is 16.8. The van der Waals surface area contributed by atoms with Crippen molar-refractivity contribution in [2.45, 2.75) is 53.2 Å². The maximum Gasteiger partial charge on any atom is 0.225 e. The number of likely N-dealkylation sites (tertiary alicyclic amines) is 1. The van der Waals surface area contributed by atoms with Gasteiger partial charge in [-0.05, 0) is 31.9 Å². The van der Waals surface area contributed by atoms with E-state index in [1.165, 1.54) is 0 Å². The number of rotatable bonds is 7. The molecule has 0 unspecified atom stereocenters. The summed E-state index contributed by atoms with van der Waals surface area (Å²) in [5.74, 6) is -0.360. The molecule has 0 bridgehead atoms. The van der Waals surface area contributed by atoms with Crippen molar-refractivity contribution >= 4 is 11.8 Å². The first-order valence-electron chi connectivity index (χ1n) is 9.46. The Morgan fingerprint density at radius 1 is 1.37 bits per heavy atom. The van der Waals surface area contributed by atoms with Crippen molar-refractivity contribution < 1.29 is 9.59 Å². The fourth-order valence-corrected chi connectivity index (χ4v) is 3.55. The zero-order valence-corrected chi connectivity index (χ0v) is 16.2. The van der Waals surface area contributed by atoms with Crippen LogP contribution in [0.4, 0.5) is 0 Å². The second-order valence-corrected chi connectivity index (χ2v) is 7.13. The summed E-state index contributed by atoms with van der Waals surface area (Å²) < 4.78 is 1.99. The first-order valence-corrected chi connectivity index (χ1v) is 9.46. The highest BCUT2D eigenvalue weighted by Gasteiger charge is 2.34. The summed E-state index contributed by atoms with van der Waals surface area (Å²) >= 11 is 0. The van der Waals surface area contributed by atoms with Crippen molar-refractivity contribution in [1.29, 1.82) is 0 Å². The molecule has 1 fully saturated rings. The molecule has 3 rings (SSSR count). The maximum absolute atomic E-state index is 12.6. The highest BCUT2D eigenvalue weighted by molar-refractivity contribution is 5.89. The SMILES string of the molecule is CCCn1nc(C)c(CNC(=O)[C@H]2CC(=O)N(Cc3cccnc3)C2)c1C. The number of hydrogen-bond donors (Lipinski definition) is 1. The number of carbonyl (C=O) groups excluding carboxylic acids is 2. The van der Waals surface area contributed by atoms with Crippen LogP contribution in [-0.4, -0.2) is 38.0 Å². The maximum atomic E-state index is 12.6. The predicted octanol–water partition coefficient (Wildman–Crippen LogP) is 1.97. The van der Waals surface area contributed by atoms with E-state index in [2.05, 4.69) is 22.3 Å². The van der Waals surface area contributed by atoms with E-state index in [0.717, 1.165) is 35.5 Å². The van der Waals surface area contributed by atoms with Gasteiger partial charge in [0.15, 0.2) is 0 Å². The minimum atomic E-state index is -0.305. The van der Waals surface area contributed by atoms with E-state index < -0.39 is 0 Å². The van der Waals surface area contributed by atoms with Crippen LogP contribution in [0.25, 0.3) is 0 Å². The molecule has 3 heterocycles. The van der Waals surface area contributed by atoms with Crippen LogP contribution in [0.15, 0.2) is 24.5 Å². The van der Waals surface area contributed by atoms with Crippen molar-refractivity contribution in [1.82, 2.24) is 25.0 Å². The lowest BCUT2D eigenvalue weighted by molar-refractivity contribution is -0.129. The fraction of sp³-hybridized carbons (Fsp3) is 0.500. The van der Waals surface area contributed by atoms with Gasteiger partial charge in [0.1, 0.15) is 0 Å². The summed E-state index contributed by atoms with van der Waals surface area (Å²) in [6.45, 7) is 8.40. The monoisotopic (exact) mass is 369 g/mol. The fourth-order valence-electron chi connectivity index (χ4n) is 3.55. The Morgan fingerprint density at radius 3 is 2.89 bits per heavy atom. The second-order valence-electron chi connectivity index (χ2n) is 7.13. The highest BCUT2D eigenvalue weighted by Crippen LogP contribution is 2.21. The van der Waals surface area contributed by atoms with Gasteiger partial charge in [-0.25, -0.2) is 0 Å². The van der Waals surface area contributed by atoms with Gasteiger partial charge in [-0.2, -0.15) is 5.10 Å². The Labute approximate surface area is 159 Å². The van der Waals surface area contributed by atoms with E-state index in [-0.39, 0.29) is 24.2 Å². The van der Waals surface area contributed by atoms with Crippen LogP contribution in [0.1, 0.15) is 42.3 Å². The molecule has 2 amide bonds. The minimum Gasteiger partial charge on any atom is -0.352 e. The van der Waals surface area contributed by atoms with Crippen molar-refractivity contribution in [3.8, 4) is 0 Å². The van der Waals surface area contributed by atoms with Crippen LogP contribution in [0, 0.1) is 19.8 Å². The molecule has 1 atom stereocenters. The number of carbonyl (C=O) groups is 2. The molecule has 1 saturated heterocycles. The molecule has 1 N–H and O–H groups in total. The number of pyridine rings is 1. The third kappa shape index (κ3) is 4.35. The molecule has 0 aromatic carbocycles. The zero-order chi connectivity index (χ0) is 19.4. The molecular formula is C20H27N5O2. The summed E-state index contributed by atoms with van der Waals surface area (Å²) in [5, 5.41) is 7.54. The van der Waals surface area contributed by atoms with E-state index in [4.69, 9.17) is 0 Å². The molecule has 7 nitrogen and oxygen atoms in total. The number of aryl methyl sites for hydroxylation is 2. The Kier molecular flexibility index (Phi) is 5.88. The summed E-state index contributed by atoms with van der Waals surface area (Å²) in [7, 11) is 0. The molecule has 2 aromatic rings. The summed E-state index contributed by atoms with van der Waals surface area (Å²) in [6.07, 6.45) is 4.74. The van der Waals surface area contributed by atoms with Gasteiger partial charge < -0.3 is 10.2 Å². The summed E-state index contributed by atoms with van der Waals surface area (Å²) in [4.78, 5) is 30.7. The predicted molar refractivity (Wildman–Crippen MR) is 102 cm³/mol. The average molecular weight is 369 g/mol. The van der Waals surface area contributed by atoms with Gasteiger partial charge >= 0.3 is 0 Å². The van der Waals surface area contributed by atoms with E-state index in [9.17, 15) is 9.59 Å².